The Bertz CT molecular complexity index is 963. The molecule has 10 nitrogen and oxygen atoms in total. The lowest BCUT2D eigenvalue weighted by molar-refractivity contribution is -0.149. The van der Waals surface area contributed by atoms with Crippen molar-refractivity contribution in [2.24, 2.45) is 0 Å². The minimum atomic E-state index is -0.955. The fourth-order valence-corrected chi connectivity index (χ4v) is 5.45. The molecule has 0 spiro atoms. The van der Waals surface area contributed by atoms with E-state index in [4.69, 9.17) is 4.74 Å². The summed E-state index contributed by atoms with van der Waals surface area (Å²) < 4.78 is 9.76. The maximum absolute atomic E-state index is 12.2. The van der Waals surface area contributed by atoms with Gasteiger partial charge in [-0.3, -0.25) is 19.2 Å². The molecule has 0 aliphatic carbocycles. The summed E-state index contributed by atoms with van der Waals surface area (Å²) >= 11 is 0. The van der Waals surface area contributed by atoms with Gasteiger partial charge in [-0.1, -0.05) is 49.5 Å². The van der Waals surface area contributed by atoms with Crippen LogP contribution in [0.4, 0.5) is 0 Å². The van der Waals surface area contributed by atoms with Crippen LogP contribution in [-0.4, -0.2) is 98.6 Å². The number of hydrogen-bond acceptors (Lipinski definition) is 8. The molecule has 1 fully saturated rings. The maximum atomic E-state index is 12.2. The lowest BCUT2D eigenvalue weighted by atomic mass is 10.1. The Balaban J connectivity index is 0.00000119. The number of nitrogens with zero attached hydrogens (tertiary/aromatic N) is 2. The number of carbonyl (C=O) groups excluding carboxylic acids is 4. The van der Waals surface area contributed by atoms with E-state index in [2.05, 4.69) is 82.1 Å². The number of unbranched alkanes of at least 4 members (excludes halogenated alkanes) is 8. The summed E-state index contributed by atoms with van der Waals surface area (Å²) in [5.74, 6) is -1.37. The molecule has 286 valence electrons. The molecule has 1 heterocycles. The summed E-state index contributed by atoms with van der Waals surface area (Å²) in [6.07, 6.45) is 30.6. The monoisotopic (exact) mass is 703 g/mol. The summed E-state index contributed by atoms with van der Waals surface area (Å²) in [5.41, 5.74) is 0. The van der Waals surface area contributed by atoms with Gasteiger partial charge >= 0.3 is 5.97 Å². The third-order valence-corrected chi connectivity index (χ3v) is 8.30. The molecule has 1 aliphatic heterocycles. The van der Waals surface area contributed by atoms with Crippen molar-refractivity contribution in [1.82, 2.24) is 20.4 Å². The van der Waals surface area contributed by atoms with E-state index >= 15 is 0 Å². The van der Waals surface area contributed by atoms with E-state index in [1.54, 1.807) is 0 Å². The Labute approximate surface area is 304 Å². The highest BCUT2D eigenvalue weighted by Crippen LogP contribution is 2.07. The first-order valence-corrected chi connectivity index (χ1v) is 19.1. The van der Waals surface area contributed by atoms with E-state index in [0.29, 0.717) is 6.54 Å². The zero-order chi connectivity index (χ0) is 37.1. The quantitative estimate of drug-likeness (QED) is 0.0369. The van der Waals surface area contributed by atoms with Gasteiger partial charge in [0.1, 0.15) is 25.3 Å². The summed E-state index contributed by atoms with van der Waals surface area (Å²) in [4.78, 5) is 51.5. The number of piperazine rings is 1. The van der Waals surface area contributed by atoms with Crippen LogP contribution >= 0.6 is 0 Å². The fourth-order valence-electron chi connectivity index (χ4n) is 5.45. The fraction of sp³-hybridized carbons (Fsp3) is 0.700. The molecule has 0 aromatic heterocycles. The van der Waals surface area contributed by atoms with Crippen molar-refractivity contribution in [1.29, 1.82) is 0 Å². The van der Waals surface area contributed by atoms with E-state index in [9.17, 15) is 19.2 Å². The van der Waals surface area contributed by atoms with Crippen molar-refractivity contribution in [3.63, 3.8) is 0 Å². The maximum Gasteiger partial charge on any atom is 0.307 e. The molecular formula is C40H70N4O6. The molecule has 10 heteroatoms. The van der Waals surface area contributed by atoms with E-state index in [0.717, 1.165) is 51.6 Å². The number of rotatable bonds is 30. The van der Waals surface area contributed by atoms with Crippen LogP contribution in [0.25, 0.3) is 0 Å². The SMILES string of the molecule is C/C=C\CCCCN(CCCC/C=C\C)CCC(=O)OCC1NC(=O)C(COC=O)NC1=O.C=CCCCCN(CCC)CCCC/C=C\C. The first-order chi connectivity index (χ1) is 24.4. The molecule has 0 aromatic carbocycles. The van der Waals surface area contributed by atoms with Crippen molar-refractivity contribution in [3.05, 3.63) is 49.1 Å². The third-order valence-electron chi connectivity index (χ3n) is 8.30. The second-order valence-corrected chi connectivity index (χ2v) is 12.6. The molecular weight excluding hydrogens is 632 g/mol. The molecule has 0 bridgehead atoms. The van der Waals surface area contributed by atoms with Gasteiger partial charge in [0.2, 0.25) is 11.8 Å². The van der Waals surface area contributed by atoms with Crippen molar-refractivity contribution in [2.75, 3.05) is 52.5 Å². The molecule has 1 rings (SSSR count). The number of amides is 2. The molecule has 2 unspecified atom stereocenters. The summed E-state index contributed by atoms with van der Waals surface area (Å²) in [6.45, 7) is 18.2. The van der Waals surface area contributed by atoms with Gasteiger partial charge in [-0.05, 0) is 137 Å². The Kier molecular flexibility index (Phi) is 32.0. The van der Waals surface area contributed by atoms with Crippen LogP contribution in [-0.2, 0) is 28.7 Å². The van der Waals surface area contributed by atoms with Crippen LogP contribution < -0.4 is 10.6 Å². The van der Waals surface area contributed by atoms with Gasteiger partial charge in [0.15, 0.2) is 0 Å². The van der Waals surface area contributed by atoms with Crippen molar-refractivity contribution in [3.8, 4) is 0 Å². The minimum absolute atomic E-state index is 0.209. The van der Waals surface area contributed by atoms with Gasteiger partial charge in [0, 0.05) is 6.54 Å². The standard InChI is InChI=1S/C24H39N3O6.C16H31N/c1-3-5-7-9-11-14-27(15-12-10-8-6-4-2)16-13-22(29)33-18-21-24(31)25-20(17-32-19-28)23(30)26-21;1-4-7-9-11-13-16-17(14-6-3)15-12-10-8-5-2/h3-6,19-21H,7-18H2,1-2H3,(H,25,31)(H,26,30);4-5,7H,2,6,8-16H2,1,3H3/b5-3-,6-4-;7-4-. The highest BCUT2D eigenvalue weighted by Gasteiger charge is 2.34. The summed E-state index contributed by atoms with van der Waals surface area (Å²) in [6, 6.07) is -1.90. The lowest BCUT2D eigenvalue weighted by Crippen LogP contribution is -2.64. The molecule has 0 aromatic rings. The second kappa shape index (κ2) is 34.2. The van der Waals surface area contributed by atoms with Crippen LogP contribution in [0, 0.1) is 0 Å². The van der Waals surface area contributed by atoms with E-state index in [1.165, 1.54) is 64.6 Å². The second-order valence-electron chi connectivity index (χ2n) is 12.6. The van der Waals surface area contributed by atoms with E-state index in [-0.39, 0.29) is 26.1 Å². The number of allylic oxidation sites excluding steroid dienone is 7. The normalized spacial score (nSPS) is 16.1. The van der Waals surface area contributed by atoms with Crippen LogP contribution in [0.15, 0.2) is 49.1 Å². The average Bonchev–Trinajstić information content (AvgIpc) is 3.11. The molecule has 0 saturated carbocycles. The minimum Gasteiger partial charge on any atom is -0.465 e. The zero-order valence-electron chi connectivity index (χ0n) is 31.9. The largest absolute Gasteiger partial charge is 0.465 e. The third kappa shape index (κ3) is 26.6. The Morgan fingerprint density at radius 1 is 0.680 bits per heavy atom. The molecule has 2 atom stereocenters. The Morgan fingerprint density at radius 3 is 1.54 bits per heavy atom. The molecule has 0 radical (unpaired) electrons. The number of nitrogens with one attached hydrogen (secondary N) is 2. The predicted molar refractivity (Wildman–Crippen MR) is 205 cm³/mol. The van der Waals surface area contributed by atoms with Gasteiger partial charge in [-0.15, -0.1) is 6.58 Å². The van der Waals surface area contributed by atoms with Gasteiger partial charge in [0.05, 0.1) is 6.42 Å². The van der Waals surface area contributed by atoms with Crippen LogP contribution in [0.5, 0.6) is 0 Å². The number of esters is 1. The van der Waals surface area contributed by atoms with Gasteiger partial charge < -0.3 is 29.9 Å². The van der Waals surface area contributed by atoms with Gasteiger partial charge in [-0.25, -0.2) is 0 Å². The lowest BCUT2D eigenvalue weighted by Gasteiger charge is -2.28. The van der Waals surface area contributed by atoms with Crippen LogP contribution in [0.1, 0.15) is 118 Å². The van der Waals surface area contributed by atoms with Gasteiger partial charge in [0.25, 0.3) is 6.47 Å². The topological polar surface area (TPSA) is 117 Å². The molecule has 50 heavy (non-hydrogen) atoms. The smallest absolute Gasteiger partial charge is 0.307 e. The van der Waals surface area contributed by atoms with Crippen molar-refractivity contribution < 1.29 is 28.7 Å². The average molecular weight is 703 g/mol. The molecule has 2 N–H and O–H groups in total. The van der Waals surface area contributed by atoms with E-state index in [1.807, 2.05) is 19.9 Å². The molecule has 1 saturated heterocycles. The highest BCUT2D eigenvalue weighted by molar-refractivity contribution is 5.97. The molecule has 2 amide bonds. The van der Waals surface area contributed by atoms with Gasteiger partial charge in [-0.2, -0.15) is 0 Å². The van der Waals surface area contributed by atoms with Crippen LogP contribution in [0.3, 0.4) is 0 Å². The number of ether oxygens (including phenoxy) is 2. The first-order valence-electron chi connectivity index (χ1n) is 19.1. The summed E-state index contributed by atoms with van der Waals surface area (Å²) in [7, 11) is 0. The van der Waals surface area contributed by atoms with E-state index < -0.39 is 29.9 Å². The predicted octanol–water partition coefficient (Wildman–Crippen LogP) is 6.67. The zero-order valence-corrected chi connectivity index (χ0v) is 31.9. The Hall–Kier alpha value is -3.24. The highest BCUT2D eigenvalue weighted by atomic mass is 16.5. The summed E-state index contributed by atoms with van der Waals surface area (Å²) in [5, 5.41) is 4.95. The van der Waals surface area contributed by atoms with Crippen molar-refractivity contribution >= 4 is 24.3 Å². The number of carbonyl (C=O) groups is 4. The van der Waals surface area contributed by atoms with Crippen LogP contribution in [0.2, 0.25) is 0 Å². The molecule has 1 aliphatic rings. The van der Waals surface area contributed by atoms with Crippen molar-refractivity contribution in [2.45, 2.75) is 130 Å². The first kappa shape index (κ1) is 46.8. The number of hydrogen-bond donors (Lipinski definition) is 2. The Morgan fingerprint density at radius 2 is 1.12 bits per heavy atom.